The number of carbonyl (C=O) groups excluding carboxylic acids is 1. The van der Waals surface area contributed by atoms with Gasteiger partial charge in [0.25, 0.3) is 5.91 Å². The van der Waals surface area contributed by atoms with Crippen molar-refractivity contribution in [1.82, 2.24) is 4.90 Å². The van der Waals surface area contributed by atoms with Crippen LogP contribution in [0.2, 0.25) is 8.67 Å². The lowest BCUT2D eigenvalue weighted by atomic mass is 10.1. The number of thiophene rings is 1. The van der Waals surface area contributed by atoms with Gasteiger partial charge in [-0.05, 0) is 23.8 Å². The van der Waals surface area contributed by atoms with E-state index in [2.05, 4.69) is 0 Å². The molecule has 116 valence electrons. The van der Waals surface area contributed by atoms with Gasteiger partial charge >= 0.3 is 0 Å². The molecule has 3 rings (SSSR count). The zero-order valence-corrected chi connectivity index (χ0v) is 14.1. The molecule has 0 spiro atoms. The Balaban J connectivity index is 1.75. The number of hydrogen-bond donors (Lipinski definition) is 0. The average molecular weight is 358 g/mol. The molecule has 7 heteroatoms. The number of fused-ring (bicyclic) bond motifs is 1. The Morgan fingerprint density at radius 2 is 1.95 bits per heavy atom. The largest absolute Gasteiger partial charge is 0.486 e. The van der Waals surface area contributed by atoms with Crippen LogP contribution in [0.3, 0.4) is 0 Å². The van der Waals surface area contributed by atoms with Crippen LogP contribution in [0.1, 0.15) is 15.9 Å². The number of halogens is 2. The third-order valence-electron chi connectivity index (χ3n) is 3.26. The van der Waals surface area contributed by atoms with Crippen LogP contribution >= 0.6 is 34.5 Å². The van der Waals surface area contributed by atoms with E-state index in [-0.39, 0.29) is 5.91 Å². The fourth-order valence-corrected chi connectivity index (χ4v) is 3.67. The Hall–Kier alpha value is -1.43. The summed E-state index contributed by atoms with van der Waals surface area (Å²) in [5, 5.41) is 0. The van der Waals surface area contributed by atoms with Crippen LogP contribution in [-0.2, 0) is 6.54 Å². The first-order valence-corrected chi connectivity index (χ1v) is 8.20. The Labute approximate surface area is 142 Å². The van der Waals surface area contributed by atoms with Crippen LogP contribution in [0.5, 0.6) is 11.5 Å². The monoisotopic (exact) mass is 357 g/mol. The lowest BCUT2D eigenvalue weighted by molar-refractivity contribution is 0.0785. The Bertz CT molecular complexity index is 717. The van der Waals surface area contributed by atoms with Crippen molar-refractivity contribution in [2.75, 3.05) is 20.3 Å². The maximum Gasteiger partial charge on any atom is 0.256 e. The molecule has 2 aromatic rings. The first kappa shape index (κ1) is 15.5. The van der Waals surface area contributed by atoms with E-state index >= 15 is 0 Å². The van der Waals surface area contributed by atoms with Gasteiger partial charge in [0, 0.05) is 13.6 Å². The highest BCUT2D eigenvalue weighted by Crippen LogP contribution is 2.33. The molecule has 0 unspecified atom stereocenters. The van der Waals surface area contributed by atoms with Crippen molar-refractivity contribution in [3.63, 3.8) is 0 Å². The van der Waals surface area contributed by atoms with Crippen molar-refractivity contribution in [2.45, 2.75) is 6.54 Å². The maximum absolute atomic E-state index is 12.4. The van der Waals surface area contributed by atoms with Crippen LogP contribution in [-0.4, -0.2) is 31.1 Å². The number of hydrogen-bond acceptors (Lipinski definition) is 4. The van der Waals surface area contributed by atoms with Gasteiger partial charge in [0.1, 0.15) is 17.6 Å². The van der Waals surface area contributed by atoms with Crippen LogP contribution in [0.4, 0.5) is 0 Å². The highest BCUT2D eigenvalue weighted by molar-refractivity contribution is 7.20. The molecular weight excluding hydrogens is 345 g/mol. The predicted molar refractivity (Wildman–Crippen MR) is 87.6 cm³/mol. The second-order valence-corrected chi connectivity index (χ2v) is 7.16. The molecule has 0 aliphatic carbocycles. The molecule has 2 heterocycles. The average Bonchev–Trinajstić information content (AvgIpc) is 2.85. The fraction of sp³-hybridized carbons (Fsp3) is 0.267. The molecule has 1 aliphatic rings. The summed E-state index contributed by atoms with van der Waals surface area (Å²) < 4.78 is 11.9. The molecule has 0 bridgehead atoms. The second kappa shape index (κ2) is 6.36. The molecule has 0 fully saturated rings. The summed E-state index contributed by atoms with van der Waals surface area (Å²) >= 11 is 13.1. The molecule has 0 saturated carbocycles. The summed E-state index contributed by atoms with van der Waals surface area (Å²) in [4.78, 5) is 14.0. The molecule has 1 amide bonds. The van der Waals surface area contributed by atoms with Crippen LogP contribution in [0, 0.1) is 0 Å². The van der Waals surface area contributed by atoms with Crippen molar-refractivity contribution < 1.29 is 14.3 Å². The number of carbonyl (C=O) groups is 1. The van der Waals surface area contributed by atoms with Gasteiger partial charge in [-0.15, -0.1) is 11.3 Å². The van der Waals surface area contributed by atoms with E-state index < -0.39 is 0 Å². The topological polar surface area (TPSA) is 38.8 Å². The summed E-state index contributed by atoms with van der Waals surface area (Å²) in [6.07, 6.45) is 0. The van der Waals surface area contributed by atoms with E-state index in [0.29, 0.717) is 39.7 Å². The van der Waals surface area contributed by atoms with Gasteiger partial charge in [-0.3, -0.25) is 4.79 Å². The van der Waals surface area contributed by atoms with Gasteiger partial charge in [-0.1, -0.05) is 29.3 Å². The summed E-state index contributed by atoms with van der Waals surface area (Å²) in [5.41, 5.74) is 1.38. The van der Waals surface area contributed by atoms with E-state index in [1.165, 1.54) is 11.3 Å². The molecule has 1 aromatic carbocycles. The minimum Gasteiger partial charge on any atom is -0.486 e. The van der Waals surface area contributed by atoms with Gasteiger partial charge in [0.2, 0.25) is 0 Å². The minimum atomic E-state index is -0.164. The van der Waals surface area contributed by atoms with Gasteiger partial charge in [0.05, 0.1) is 9.90 Å². The van der Waals surface area contributed by atoms with Crippen molar-refractivity contribution in [2.24, 2.45) is 0 Å². The molecular formula is C15H13Cl2NO3S. The molecule has 0 N–H and O–H groups in total. The highest BCUT2D eigenvalue weighted by atomic mass is 35.5. The first-order valence-electron chi connectivity index (χ1n) is 6.63. The maximum atomic E-state index is 12.4. The van der Waals surface area contributed by atoms with E-state index in [4.69, 9.17) is 32.7 Å². The Morgan fingerprint density at radius 3 is 2.64 bits per heavy atom. The summed E-state index contributed by atoms with van der Waals surface area (Å²) in [7, 11) is 1.72. The van der Waals surface area contributed by atoms with Gasteiger partial charge in [0.15, 0.2) is 11.5 Å². The van der Waals surface area contributed by atoms with Gasteiger partial charge in [-0.25, -0.2) is 0 Å². The second-order valence-electron chi connectivity index (χ2n) is 4.88. The highest BCUT2D eigenvalue weighted by Gasteiger charge is 2.19. The van der Waals surface area contributed by atoms with E-state index in [0.717, 1.165) is 11.3 Å². The smallest absolute Gasteiger partial charge is 0.256 e. The third kappa shape index (κ3) is 3.16. The normalized spacial score (nSPS) is 13.0. The fourth-order valence-electron chi connectivity index (χ4n) is 2.22. The van der Waals surface area contributed by atoms with Gasteiger partial charge in [-0.2, -0.15) is 0 Å². The van der Waals surface area contributed by atoms with Crippen LogP contribution in [0.15, 0.2) is 24.3 Å². The van der Waals surface area contributed by atoms with E-state index in [1.807, 2.05) is 18.2 Å². The standard InChI is InChI=1S/C15H13Cl2NO3S/c1-18(15(19)10-7-13(16)22-14(10)17)8-9-2-3-11-12(6-9)21-5-4-20-11/h2-3,6-7H,4-5,8H2,1H3. The molecule has 1 aromatic heterocycles. The number of rotatable bonds is 3. The number of ether oxygens (including phenoxy) is 2. The van der Waals surface area contributed by atoms with Crippen molar-refractivity contribution >= 4 is 40.4 Å². The summed E-state index contributed by atoms with van der Waals surface area (Å²) in [6, 6.07) is 7.26. The summed E-state index contributed by atoms with van der Waals surface area (Å²) in [5.74, 6) is 1.28. The first-order chi connectivity index (χ1) is 10.5. The predicted octanol–water partition coefficient (Wildman–Crippen LogP) is 4.10. The zero-order valence-electron chi connectivity index (χ0n) is 11.8. The van der Waals surface area contributed by atoms with Crippen molar-refractivity contribution in [3.8, 4) is 11.5 Å². The van der Waals surface area contributed by atoms with Crippen molar-refractivity contribution in [1.29, 1.82) is 0 Å². The summed E-state index contributed by atoms with van der Waals surface area (Å²) in [6.45, 7) is 1.54. The Kier molecular flexibility index (Phi) is 4.47. The van der Waals surface area contributed by atoms with E-state index in [1.54, 1.807) is 18.0 Å². The van der Waals surface area contributed by atoms with E-state index in [9.17, 15) is 4.79 Å². The lowest BCUT2D eigenvalue weighted by Crippen LogP contribution is -2.26. The SMILES string of the molecule is CN(Cc1ccc2c(c1)OCCO2)C(=O)c1cc(Cl)sc1Cl. The number of benzene rings is 1. The minimum absolute atomic E-state index is 0.164. The molecule has 22 heavy (non-hydrogen) atoms. The number of amides is 1. The molecule has 4 nitrogen and oxygen atoms in total. The Morgan fingerprint density at radius 1 is 1.23 bits per heavy atom. The molecule has 1 aliphatic heterocycles. The lowest BCUT2D eigenvalue weighted by Gasteiger charge is -2.21. The number of nitrogens with zero attached hydrogens (tertiary/aromatic N) is 1. The molecule has 0 atom stereocenters. The third-order valence-corrected chi connectivity index (χ3v) is 4.75. The van der Waals surface area contributed by atoms with Crippen LogP contribution < -0.4 is 9.47 Å². The van der Waals surface area contributed by atoms with Crippen LogP contribution in [0.25, 0.3) is 0 Å². The molecule has 0 radical (unpaired) electrons. The van der Waals surface area contributed by atoms with Gasteiger partial charge < -0.3 is 14.4 Å². The zero-order chi connectivity index (χ0) is 15.7. The molecule has 0 saturated heterocycles. The van der Waals surface area contributed by atoms with Crippen molar-refractivity contribution in [3.05, 3.63) is 44.1 Å². The quantitative estimate of drug-likeness (QED) is 0.829.